The number of hydrogen-bond donors (Lipinski definition) is 4. The molecule has 0 spiro atoms. The molecule has 11 heteroatoms. The first-order chi connectivity index (χ1) is 16.5. The summed E-state index contributed by atoms with van der Waals surface area (Å²) in [7, 11) is 0. The second-order valence-corrected chi connectivity index (χ2v) is 7.71. The lowest BCUT2D eigenvalue weighted by atomic mass is 10.1. The Bertz CT molecular complexity index is 1450. The standard InChI is InChI=1S/C23H22N10O/c1-13-27-21(31-23(24)28-13)20-22(29-18-9-10-26-32-18)30-19-8-7-17(12-33(19)20)16-5-3-15(4-6-16)11-25-14(2)34/h3-10,12H,11H2,1-2H3,(H,25,34)(H2,26,29,32)(H2,24,27,28,31). The number of pyridine rings is 1. The second kappa shape index (κ2) is 8.62. The number of nitrogens with zero attached hydrogens (tertiary/aromatic N) is 6. The fourth-order valence-corrected chi connectivity index (χ4v) is 3.62. The summed E-state index contributed by atoms with van der Waals surface area (Å²) >= 11 is 0. The van der Waals surface area contributed by atoms with Gasteiger partial charge in [-0.25, -0.2) is 9.97 Å². The number of amides is 1. The fourth-order valence-electron chi connectivity index (χ4n) is 3.62. The number of H-pyrrole nitrogens is 1. The third kappa shape index (κ3) is 4.26. The molecule has 0 radical (unpaired) electrons. The van der Waals surface area contributed by atoms with Crippen LogP contribution < -0.4 is 16.4 Å². The SMILES string of the molecule is CC(=O)NCc1ccc(-c2ccc3nc(Nc4cc[nH]n4)c(-c4nc(C)nc(N)n4)n3c2)cc1. The lowest BCUT2D eigenvalue weighted by Crippen LogP contribution is -2.18. The molecule has 4 heterocycles. The van der Waals surface area contributed by atoms with E-state index in [1.165, 1.54) is 6.92 Å². The topological polar surface area (TPSA) is 152 Å². The number of imidazole rings is 1. The summed E-state index contributed by atoms with van der Waals surface area (Å²) in [4.78, 5) is 28.8. The summed E-state index contributed by atoms with van der Waals surface area (Å²) in [6, 6.07) is 13.7. The molecular formula is C23H22N10O. The van der Waals surface area contributed by atoms with Crippen LogP contribution in [0.5, 0.6) is 0 Å². The van der Waals surface area contributed by atoms with Gasteiger partial charge in [-0.05, 0) is 35.7 Å². The van der Waals surface area contributed by atoms with Gasteiger partial charge in [-0.15, -0.1) is 0 Å². The highest BCUT2D eigenvalue weighted by Gasteiger charge is 2.19. The van der Waals surface area contributed by atoms with E-state index in [-0.39, 0.29) is 11.9 Å². The quantitative estimate of drug-likeness (QED) is 0.306. The third-order valence-electron chi connectivity index (χ3n) is 5.17. The number of aryl methyl sites for hydroxylation is 1. The Hall–Kier alpha value is -4.80. The number of rotatable bonds is 6. The number of nitrogens with one attached hydrogen (secondary N) is 3. The van der Waals surface area contributed by atoms with Crippen molar-refractivity contribution in [3.05, 3.63) is 66.2 Å². The molecule has 4 aromatic heterocycles. The first kappa shape index (κ1) is 21.1. The van der Waals surface area contributed by atoms with Gasteiger partial charge in [0.15, 0.2) is 17.5 Å². The minimum absolute atomic E-state index is 0.0596. The number of benzene rings is 1. The van der Waals surface area contributed by atoms with E-state index in [2.05, 4.69) is 35.8 Å². The zero-order valence-corrected chi connectivity index (χ0v) is 18.6. The minimum Gasteiger partial charge on any atom is -0.368 e. The highest BCUT2D eigenvalue weighted by atomic mass is 16.1. The predicted molar refractivity (Wildman–Crippen MR) is 128 cm³/mol. The third-order valence-corrected chi connectivity index (χ3v) is 5.17. The molecule has 11 nitrogen and oxygen atoms in total. The molecule has 5 aromatic rings. The molecule has 1 amide bonds. The van der Waals surface area contributed by atoms with Gasteiger partial charge in [-0.1, -0.05) is 24.3 Å². The van der Waals surface area contributed by atoms with Crippen molar-refractivity contribution < 1.29 is 4.79 Å². The van der Waals surface area contributed by atoms with E-state index >= 15 is 0 Å². The number of aromatic nitrogens is 7. The maximum absolute atomic E-state index is 11.2. The summed E-state index contributed by atoms with van der Waals surface area (Å²) in [5.74, 6) is 2.13. The van der Waals surface area contributed by atoms with Gasteiger partial charge < -0.3 is 16.4 Å². The van der Waals surface area contributed by atoms with Gasteiger partial charge in [0, 0.05) is 31.9 Å². The van der Waals surface area contributed by atoms with Gasteiger partial charge >= 0.3 is 0 Å². The van der Waals surface area contributed by atoms with Crippen LogP contribution in [-0.4, -0.2) is 40.4 Å². The number of fused-ring (bicyclic) bond motifs is 1. The van der Waals surface area contributed by atoms with E-state index < -0.39 is 0 Å². The molecular weight excluding hydrogens is 432 g/mol. The first-order valence-electron chi connectivity index (χ1n) is 10.6. The van der Waals surface area contributed by atoms with E-state index in [0.29, 0.717) is 41.2 Å². The van der Waals surface area contributed by atoms with Gasteiger partial charge in [-0.3, -0.25) is 14.3 Å². The Morgan fingerprint density at radius 3 is 2.53 bits per heavy atom. The maximum atomic E-state index is 11.2. The fraction of sp³-hybridized carbons (Fsp3) is 0.130. The lowest BCUT2D eigenvalue weighted by molar-refractivity contribution is -0.119. The second-order valence-electron chi connectivity index (χ2n) is 7.71. The zero-order valence-electron chi connectivity index (χ0n) is 18.6. The summed E-state index contributed by atoms with van der Waals surface area (Å²) in [5, 5.41) is 13.0. The lowest BCUT2D eigenvalue weighted by Gasteiger charge is -2.08. The zero-order chi connectivity index (χ0) is 23.7. The Balaban J connectivity index is 1.60. The average Bonchev–Trinajstić information content (AvgIpc) is 3.44. The van der Waals surface area contributed by atoms with Crippen molar-refractivity contribution in [1.29, 1.82) is 0 Å². The molecule has 0 bridgehead atoms. The molecule has 0 atom stereocenters. The number of anilines is 3. The number of carbonyl (C=O) groups excluding carboxylic acids is 1. The van der Waals surface area contributed by atoms with E-state index in [1.807, 2.05) is 47.0 Å². The van der Waals surface area contributed by atoms with Crippen molar-refractivity contribution in [2.45, 2.75) is 20.4 Å². The van der Waals surface area contributed by atoms with Gasteiger partial charge in [0.05, 0.1) is 0 Å². The Morgan fingerprint density at radius 1 is 1.03 bits per heavy atom. The smallest absolute Gasteiger partial charge is 0.223 e. The molecule has 5 N–H and O–H groups in total. The Labute approximate surface area is 194 Å². The van der Waals surface area contributed by atoms with Crippen LogP contribution in [0, 0.1) is 6.92 Å². The Morgan fingerprint density at radius 2 is 1.82 bits per heavy atom. The highest BCUT2D eigenvalue weighted by Crippen LogP contribution is 2.31. The Kier molecular flexibility index (Phi) is 5.34. The molecule has 170 valence electrons. The molecule has 0 saturated carbocycles. The van der Waals surface area contributed by atoms with Crippen molar-refractivity contribution in [3.63, 3.8) is 0 Å². The molecule has 0 aliphatic carbocycles. The van der Waals surface area contributed by atoms with Crippen LogP contribution >= 0.6 is 0 Å². The maximum Gasteiger partial charge on any atom is 0.223 e. The van der Waals surface area contributed by atoms with Crippen LogP contribution in [0.4, 0.5) is 17.6 Å². The van der Waals surface area contributed by atoms with E-state index in [4.69, 9.17) is 10.7 Å². The van der Waals surface area contributed by atoms with Gasteiger partial charge in [-0.2, -0.15) is 15.1 Å². The molecule has 0 unspecified atom stereocenters. The number of carbonyl (C=O) groups is 1. The van der Waals surface area contributed by atoms with Crippen molar-refractivity contribution in [2.75, 3.05) is 11.1 Å². The normalized spacial score (nSPS) is 11.0. The van der Waals surface area contributed by atoms with Crippen LogP contribution in [0.15, 0.2) is 54.9 Å². The van der Waals surface area contributed by atoms with Crippen LogP contribution in [0.1, 0.15) is 18.3 Å². The molecule has 0 aliphatic rings. The highest BCUT2D eigenvalue weighted by molar-refractivity contribution is 5.77. The van der Waals surface area contributed by atoms with Crippen molar-refractivity contribution >= 4 is 29.1 Å². The summed E-state index contributed by atoms with van der Waals surface area (Å²) in [6.45, 7) is 3.76. The molecule has 0 aliphatic heterocycles. The summed E-state index contributed by atoms with van der Waals surface area (Å²) in [6.07, 6.45) is 3.70. The van der Waals surface area contributed by atoms with Crippen LogP contribution in [0.25, 0.3) is 28.3 Å². The van der Waals surface area contributed by atoms with Crippen LogP contribution in [-0.2, 0) is 11.3 Å². The molecule has 34 heavy (non-hydrogen) atoms. The van der Waals surface area contributed by atoms with Gasteiger partial charge in [0.2, 0.25) is 11.9 Å². The number of nitrogen functional groups attached to an aromatic ring is 1. The van der Waals surface area contributed by atoms with E-state index in [9.17, 15) is 4.79 Å². The number of nitrogens with two attached hydrogens (primary N) is 1. The molecule has 5 rings (SSSR count). The predicted octanol–water partition coefficient (Wildman–Crippen LogP) is 2.85. The molecule has 1 aromatic carbocycles. The summed E-state index contributed by atoms with van der Waals surface area (Å²) in [5.41, 5.74) is 10.3. The van der Waals surface area contributed by atoms with Crippen molar-refractivity contribution in [3.8, 4) is 22.6 Å². The number of hydrogen-bond acceptors (Lipinski definition) is 8. The van der Waals surface area contributed by atoms with Crippen LogP contribution in [0.3, 0.4) is 0 Å². The van der Waals surface area contributed by atoms with Crippen molar-refractivity contribution in [2.24, 2.45) is 0 Å². The minimum atomic E-state index is -0.0596. The summed E-state index contributed by atoms with van der Waals surface area (Å²) < 4.78 is 1.92. The average molecular weight is 454 g/mol. The van der Waals surface area contributed by atoms with E-state index in [0.717, 1.165) is 16.7 Å². The van der Waals surface area contributed by atoms with Gasteiger partial charge in [0.25, 0.3) is 0 Å². The van der Waals surface area contributed by atoms with Crippen LogP contribution in [0.2, 0.25) is 0 Å². The largest absolute Gasteiger partial charge is 0.368 e. The molecule has 0 saturated heterocycles. The first-order valence-corrected chi connectivity index (χ1v) is 10.6. The monoisotopic (exact) mass is 454 g/mol. The van der Waals surface area contributed by atoms with E-state index in [1.54, 1.807) is 19.2 Å². The van der Waals surface area contributed by atoms with Crippen molar-refractivity contribution in [1.82, 2.24) is 39.9 Å². The van der Waals surface area contributed by atoms with Gasteiger partial charge in [0.1, 0.15) is 17.2 Å². The number of aromatic amines is 1. The molecule has 0 fully saturated rings.